The summed E-state index contributed by atoms with van der Waals surface area (Å²) in [6.07, 6.45) is 1.68. The quantitative estimate of drug-likeness (QED) is 0.640. The largest absolute Gasteiger partial charge is 0.504 e. The molecule has 18 heavy (non-hydrogen) atoms. The molecule has 0 aliphatic heterocycles. The number of aromatic hydroxyl groups is 2. The van der Waals surface area contributed by atoms with Gasteiger partial charge in [0.25, 0.3) is 0 Å². The summed E-state index contributed by atoms with van der Waals surface area (Å²) in [5.74, 6) is -1.03. The van der Waals surface area contributed by atoms with E-state index in [1.165, 1.54) is 18.2 Å². The summed E-state index contributed by atoms with van der Waals surface area (Å²) in [4.78, 5) is 12.1. The number of para-hydroxylation sites is 1. The fourth-order valence-corrected chi connectivity index (χ4v) is 1.64. The van der Waals surface area contributed by atoms with E-state index >= 15 is 0 Å². The smallest absolute Gasteiger partial charge is 0.196 e. The molecule has 0 fully saturated rings. The Bertz CT molecular complexity index is 598. The lowest BCUT2D eigenvalue weighted by Gasteiger charge is -2.05. The van der Waals surface area contributed by atoms with Crippen LogP contribution in [0.25, 0.3) is 6.08 Å². The van der Waals surface area contributed by atoms with Crippen molar-refractivity contribution in [1.82, 2.24) is 0 Å². The molecule has 0 aliphatic rings. The molecule has 0 saturated heterocycles. The molecule has 0 spiro atoms. The van der Waals surface area contributed by atoms with Gasteiger partial charge >= 0.3 is 0 Å². The number of phenols is 2. The van der Waals surface area contributed by atoms with Crippen LogP contribution in [0.1, 0.15) is 21.5 Å². The molecule has 0 aromatic heterocycles. The molecule has 0 bridgehead atoms. The molecule has 2 aromatic carbocycles. The fraction of sp³-hybridized carbons (Fsp3) is 0. The van der Waals surface area contributed by atoms with E-state index in [4.69, 9.17) is 0 Å². The Morgan fingerprint density at radius 2 is 1.72 bits per heavy atom. The number of hydrogen-bond acceptors (Lipinski definition) is 3. The first-order valence-electron chi connectivity index (χ1n) is 5.41. The van der Waals surface area contributed by atoms with Gasteiger partial charge in [0.2, 0.25) is 0 Å². The molecule has 2 aromatic rings. The molecule has 3 nitrogen and oxygen atoms in total. The standard InChI is InChI=1S/C15H12O3/c1-2-10-6-8-11(9-7-10)14(17)12-4-3-5-13(16)15(12)18/h2-9,16,18H,1H2. The van der Waals surface area contributed by atoms with Crippen molar-refractivity contribution in [2.24, 2.45) is 0 Å². The summed E-state index contributed by atoms with van der Waals surface area (Å²) in [5.41, 5.74) is 1.44. The van der Waals surface area contributed by atoms with Crippen molar-refractivity contribution < 1.29 is 15.0 Å². The first-order chi connectivity index (χ1) is 8.63. The molecule has 90 valence electrons. The molecular weight excluding hydrogens is 228 g/mol. The van der Waals surface area contributed by atoms with E-state index in [-0.39, 0.29) is 17.1 Å². The predicted octanol–water partition coefficient (Wildman–Crippen LogP) is 2.97. The normalized spacial score (nSPS) is 10.0. The van der Waals surface area contributed by atoms with E-state index in [1.807, 2.05) is 0 Å². The Morgan fingerprint density at radius 1 is 1.06 bits per heavy atom. The van der Waals surface area contributed by atoms with Crippen molar-refractivity contribution in [2.45, 2.75) is 0 Å². The van der Waals surface area contributed by atoms with Crippen LogP contribution >= 0.6 is 0 Å². The van der Waals surface area contributed by atoms with E-state index in [9.17, 15) is 15.0 Å². The van der Waals surface area contributed by atoms with Gasteiger partial charge in [0.05, 0.1) is 5.56 Å². The van der Waals surface area contributed by atoms with E-state index in [0.29, 0.717) is 5.56 Å². The van der Waals surface area contributed by atoms with Gasteiger partial charge in [0, 0.05) is 5.56 Å². The number of rotatable bonds is 3. The molecule has 2 rings (SSSR count). The van der Waals surface area contributed by atoms with Crippen molar-refractivity contribution in [1.29, 1.82) is 0 Å². The minimum absolute atomic E-state index is 0.0846. The number of carbonyl (C=O) groups is 1. The van der Waals surface area contributed by atoms with E-state index in [0.717, 1.165) is 5.56 Å². The summed E-state index contributed by atoms with van der Waals surface area (Å²) in [7, 11) is 0. The highest BCUT2D eigenvalue weighted by atomic mass is 16.3. The zero-order valence-corrected chi connectivity index (χ0v) is 9.63. The summed E-state index contributed by atoms with van der Waals surface area (Å²) in [6.45, 7) is 3.63. The summed E-state index contributed by atoms with van der Waals surface area (Å²) in [5, 5.41) is 19.0. The summed E-state index contributed by atoms with van der Waals surface area (Å²) >= 11 is 0. The van der Waals surface area contributed by atoms with Gasteiger partial charge in [-0.15, -0.1) is 0 Å². The van der Waals surface area contributed by atoms with Crippen LogP contribution in [0, 0.1) is 0 Å². The minimum atomic E-state index is -0.393. The monoisotopic (exact) mass is 240 g/mol. The highest BCUT2D eigenvalue weighted by molar-refractivity contribution is 6.11. The zero-order chi connectivity index (χ0) is 13.1. The van der Waals surface area contributed by atoms with Crippen molar-refractivity contribution in [2.75, 3.05) is 0 Å². The van der Waals surface area contributed by atoms with Crippen molar-refractivity contribution >= 4 is 11.9 Å². The number of carbonyl (C=O) groups excluding carboxylic acids is 1. The van der Waals surface area contributed by atoms with Crippen molar-refractivity contribution in [3.05, 3.63) is 65.7 Å². The second-order valence-electron chi connectivity index (χ2n) is 3.83. The van der Waals surface area contributed by atoms with Crippen molar-refractivity contribution in [3.8, 4) is 11.5 Å². The topological polar surface area (TPSA) is 57.5 Å². The maximum absolute atomic E-state index is 12.1. The minimum Gasteiger partial charge on any atom is -0.504 e. The first-order valence-corrected chi connectivity index (χ1v) is 5.41. The highest BCUT2D eigenvalue weighted by Crippen LogP contribution is 2.29. The van der Waals surface area contributed by atoms with Crippen LogP contribution in [-0.4, -0.2) is 16.0 Å². The Morgan fingerprint density at radius 3 is 2.33 bits per heavy atom. The van der Waals surface area contributed by atoms with Gasteiger partial charge in [-0.05, 0) is 17.7 Å². The Labute approximate surface area is 105 Å². The Hall–Kier alpha value is -2.55. The van der Waals surface area contributed by atoms with Crippen LogP contribution in [0.15, 0.2) is 49.0 Å². The summed E-state index contributed by atoms with van der Waals surface area (Å²) in [6, 6.07) is 11.2. The van der Waals surface area contributed by atoms with Gasteiger partial charge in [0.15, 0.2) is 17.3 Å². The van der Waals surface area contributed by atoms with Gasteiger partial charge in [-0.3, -0.25) is 4.79 Å². The van der Waals surface area contributed by atoms with E-state index < -0.39 is 5.75 Å². The molecule has 3 heteroatoms. The lowest BCUT2D eigenvalue weighted by molar-refractivity contribution is 0.103. The van der Waals surface area contributed by atoms with E-state index in [2.05, 4.69) is 6.58 Å². The van der Waals surface area contributed by atoms with E-state index in [1.54, 1.807) is 30.3 Å². The molecular formula is C15H12O3. The van der Waals surface area contributed by atoms with Crippen LogP contribution < -0.4 is 0 Å². The average Bonchev–Trinajstić information content (AvgIpc) is 2.41. The SMILES string of the molecule is C=Cc1ccc(C(=O)c2cccc(O)c2O)cc1. The highest BCUT2D eigenvalue weighted by Gasteiger charge is 2.15. The lowest BCUT2D eigenvalue weighted by Crippen LogP contribution is -2.01. The van der Waals surface area contributed by atoms with Gasteiger partial charge in [0.1, 0.15) is 0 Å². The average molecular weight is 240 g/mol. The van der Waals surface area contributed by atoms with Crippen LogP contribution in [0.3, 0.4) is 0 Å². The second kappa shape index (κ2) is 4.75. The van der Waals surface area contributed by atoms with Gasteiger partial charge in [-0.25, -0.2) is 0 Å². The maximum Gasteiger partial charge on any atom is 0.196 e. The Kier molecular flexibility index (Phi) is 3.15. The Balaban J connectivity index is 2.41. The lowest BCUT2D eigenvalue weighted by atomic mass is 10.0. The fourth-order valence-electron chi connectivity index (χ4n) is 1.64. The third-order valence-electron chi connectivity index (χ3n) is 2.67. The molecule has 0 unspecified atom stereocenters. The third-order valence-corrected chi connectivity index (χ3v) is 2.67. The maximum atomic E-state index is 12.1. The van der Waals surface area contributed by atoms with Gasteiger partial charge < -0.3 is 10.2 Å². The molecule has 0 atom stereocenters. The molecule has 0 heterocycles. The first kappa shape index (κ1) is 11.9. The second-order valence-corrected chi connectivity index (χ2v) is 3.83. The number of hydrogen-bond donors (Lipinski definition) is 2. The molecule has 0 saturated carbocycles. The van der Waals surface area contributed by atoms with Crippen molar-refractivity contribution in [3.63, 3.8) is 0 Å². The molecule has 2 N–H and O–H groups in total. The molecule has 0 radical (unpaired) electrons. The van der Waals surface area contributed by atoms with Crippen LogP contribution in [0.2, 0.25) is 0 Å². The number of benzene rings is 2. The molecule has 0 amide bonds. The predicted molar refractivity (Wildman–Crippen MR) is 69.7 cm³/mol. The third kappa shape index (κ3) is 2.11. The molecule has 0 aliphatic carbocycles. The van der Waals surface area contributed by atoms with Crippen LogP contribution in [0.5, 0.6) is 11.5 Å². The number of phenolic OH excluding ortho intramolecular Hbond substituents is 2. The summed E-state index contributed by atoms with van der Waals surface area (Å²) < 4.78 is 0. The van der Waals surface area contributed by atoms with Gasteiger partial charge in [-0.2, -0.15) is 0 Å². The van der Waals surface area contributed by atoms with Gasteiger partial charge in [-0.1, -0.05) is 43.0 Å². The number of ketones is 1. The van der Waals surface area contributed by atoms with Crippen LogP contribution in [-0.2, 0) is 0 Å². The zero-order valence-electron chi connectivity index (χ0n) is 9.63. The van der Waals surface area contributed by atoms with Crippen LogP contribution in [0.4, 0.5) is 0 Å².